The quantitative estimate of drug-likeness (QED) is 0.311. The van der Waals surface area contributed by atoms with Crippen LogP contribution in [-0.2, 0) is 0 Å². The fourth-order valence-corrected chi connectivity index (χ4v) is 6.67. The molecule has 4 bridgehead atoms. The zero-order valence-electron chi connectivity index (χ0n) is 13.3. The van der Waals surface area contributed by atoms with Gasteiger partial charge in [-0.05, 0) is 60.7 Å². The van der Waals surface area contributed by atoms with Gasteiger partial charge in [-0.15, -0.1) is 0 Å². The highest BCUT2D eigenvalue weighted by atomic mass is 14.6. The van der Waals surface area contributed by atoms with Gasteiger partial charge in [0.05, 0.1) is 0 Å². The molecule has 7 unspecified atom stereocenters. The molecule has 20 heavy (non-hydrogen) atoms. The summed E-state index contributed by atoms with van der Waals surface area (Å²) >= 11 is 0. The second-order valence-electron chi connectivity index (χ2n) is 8.31. The third kappa shape index (κ3) is 2.09. The molecular weight excluding hydrogens is 240 g/mol. The third-order valence-corrected chi connectivity index (χ3v) is 7.34. The molecule has 3 saturated carbocycles. The van der Waals surface area contributed by atoms with Gasteiger partial charge in [0.1, 0.15) is 0 Å². The van der Waals surface area contributed by atoms with Crippen LogP contribution >= 0.6 is 0 Å². The molecule has 0 aromatic carbocycles. The van der Waals surface area contributed by atoms with Gasteiger partial charge in [-0.3, -0.25) is 0 Å². The van der Waals surface area contributed by atoms with E-state index in [4.69, 9.17) is 0 Å². The van der Waals surface area contributed by atoms with E-state index in [9.17, 15) is 0 Å². The fraction of sp³-hybridized carbons (Fsp3) is 0.900. The van der Waals surface area contributed by atoms with Crippen molar-refractivity contribution < 1.29 is 0 Å². The van der Waals surface area contributed by atoms with Crippen LogP contribution in [0.25, 0.3) is 0 Å². The van der Waals surface area contributed by atoms with Gasteiger partial charge in [-0.1, -0.05) is 64.0 Å². The predicted molar refractivity (Wildman–Crippen MR) is 85.4 cm³/mol. The summed E-state index contributed by atoms with van der Waals surface area (Å²) in [5.41, 5.74) is 0. The Labute approximate surface area is 125 Å². The summed E-state index contributed by atoms with van der Waals surface area (Å²) in [7, 11) is 0. The zero-order chi connectivity index (χ0) is 13.5. The van der Waals surface area contributed by atoms with Crippen LogP contribution in [-0.4, -0.2) is 0 Å². The van der Waals surface area contributed by atoms with E-state index in [-0.39, 0.29) is 0 Å². The minimum Gasteiger partial charge on any atom is -0.0848 e. The highest BCUT2D eigenvalue weighted by Gasteiger charge is 2.60. The molecule has 0 heteroatoms. The topological polar surface area (TPSA) is 0 Å². The van der Waals surface area contributed by atoms with Crippen LogP contribution in [0.3, 0.4) is 0 Å². The lowest BCUT2D eigenvalue weighted by Crippen LogP contribution is -2.30. The summed E-state index contributed by atoms with van der Waals surface area (Å²) in [4.78, 5) is 0. The summed E-state index contributed by atoms with van der Waals surface area (Å²) in [6, 6.07) is 0. The van der Waals surface area contributed by atoms with Gasteiger partial charge in [0.2, 0.25) is 0 Å². The maximum Gasteiger partial charge on any atom is -0.0194 e. The molecule has 0 spiro atoms. The molecule has 0 aromatic rings. The van der Waals surface area contributed by atoms with E-state index in [1.54, 1.807) is 19.3 Å². The van der Waals surface area contributed by atoms with Gasteiger partial charge in [-0.25, -0.2) is 0 Å². The highest BCUT2D eigenvalue weighted by molar-refractivity contribution is 5.20. The highest BCUT2D eigenvalue weighted by Crippen LogP contribution is 2.67. The molecule has 3 fully saturated rings. The van der Waals surface area contributed by atoms with Crippen molar-refractivity contribution in [3.8, 4) is 0 Å². The second kappa shape index (κ2) is 5.50. The number of hydrogen-bond donors (Lipinski definition) is 0. The fourth-order valence-electron chi connectivity index (χ4n) is 6.67. The first-order valence-corrected chi connectivity index (χ1v) is 9.56. The van der Waals surface area contributed by atoms with Crippen LogP contribution in [0.2, 0.25) is 0 Å². The third-order valence-electron chi connectivity index (χ3n) is 7.34. The Kier molecular flexibility index (Phi) is 3.69. The van der Waals surface area contributed by atoms with Crippen molar-refractivity contribution in [2.45, 2.75) is 71.1 Å². The molecule has 0 N–H and O–H groups in total. The van der Waals surface area contributed by atoms with E-state index in [1.807, 2.05) is 0 Å². The molecule has 4 rings (SSSR count). The first-order valence-electron chi connectivity index (χ1n) is 9.56. The molecule has 4 aliphatic carbocycles. The van der Waals surface area contributed by atoms with Crippen molar-refractivity contribution in [2.75, 3.05) is 0 Å². The number of fused-ring (bicyclic) bond motifs is 9. The van der Waals surface area contributed by atoms with Gasteiger partial charge in [0, 0.05) is 0 Å². The van der Waals surface area contributed by atoms with Crippen LogP contribution < -0.4 is 0 Å². The maximum absolute atomic E-state index is 2.59. The van der Waals surface area contributed by atoms with Crippen LogP contribution in [0.4, 0.5) is 0 Å². The number of hydrogen-bond acceptors (Lipinski definition) is 0. The van der Waals surface area contributed by atoms with E-state index in [0.29, 0.717) is 0 Å². The zero-order valence-corrected chi connectivity index (χ0v) is 13.3. The predicted octanol–water partition coefficient (Wildman–Crippen LogP) is 5.83. The average molecular weight is 272 g/mol. The Morgan fingerprint density at radius 2 is 1.55 bits per heavy atom. The maximum atomic E-state index is 2.59. The largest absolute Gasteiger partial charge is 0.0848 e. The van der Waals surface area contributed by atoms with Crippen molar-refractivity contribution in [2.24, 2.45) is 41.4 Å². The lowest BCUT2D eigenvalue weighted by Gasteiger charge is -2.36. The SMILES string of the molecule is CCCCCCCCC1CC2CC1C1C3C=CC(C3)C21. The summed E-state index contributed by atoms with van der Waals surface area (Å²) in [5.74, 6) is 7.68. The number of allylic oxidation sites excluding steroid dienone is 2. The molecule has 0 aromatic heterocycles. The number of unbranched alkanes of at least 4 members (excludes halogenated alkanes) is 5. The van der Waals surface area contributed by atoms with Crippen molar-refractivity contribution in [1.29, 1.82) is 0 Å². The second-order valence-corrected chi connectivity index (χ2v) is 8.31. The minimum atomic E-state index is 1.01. The molecule has 0 saturated heterocycles. The van der Waals surface area contributed by atoms with E-state index in [2.05, 4.69) is 19.1 Å². The average Bonchev–Trinajstić information content (AvgIpc) is 3.19. The summed E-state index contributed by atoms with van der Waals surface area (Å²) in [6.45, 7) is 2.31. The Balaban J connectivity index is 1.25. The molecular formula is C20H32. The van der Waals surface area contributed by atoms with Crippen LogP contribution in [0.5, 0.6) is 0 Å². The summed E-state index contributed by atoms with van der Waals surface area (Å²) in [5, 5.41) is 0. The first kappa shape index (κ1) is 13.4. The van der Waals surface area contributed by atoms with E-state index < -0.39 is 0 Å². The van der Waals surface area contributed by atoms with E-state index >= 15 is 0 Å². The monoisotopic (exact) mass is 272 g/mol. The normalized spacial score (nSPS) is 47.4. The molecule has 0 heterocycles. The summed E-state index contributed by atoms with van der Waals surface area (Å²) < 4.78 is 0. The standard InChI is InChI=1S/C20H32/c1-2-3-4-5-6-7-8-14-11-17-13-18(14)20-16-10-9-15(12-16)19(17)20/h9-10,14-20H,2-8,11-13H2,1H3. The Morgan fingerprint density at radius 3 is 2.40 bits per heavy atom. The molecule has 4 aliphatic rings. The van der Waals surface area contributed by atoms with Crippen LogP contribution in [0.1, 0.15) is 71.1 Å². The molecule has 112 valence electrons. The Hall–Kier alpha value is -0.260. The van der Waals surface area contributed by atoms with Gasteiger partial charge >= 0.3 is 0 Å². The smallest absolute Gasteiger partial charge is 0.0194 e. The molecule has 7 atom stereocenters. The van der Waals surface area contributed by atoms with Gasteiger partial charge < -0.3 is 0 Å². The van der Waals surface area contributed by atoms with Gasteiger partial charge in [0.25, 0.3) is 0 Å². The van der Waals surface area contributed by atoms with Gasteiger partial charge in [-0.2, -0.15) is 0 Å². The Bertz CT molecular complexity index is 368. The van der Waals surface area contributed by atoms with E-state index in [1.165, 1.54) is 44.9 Å². The van der Waals surface area contributed by atoms with Crippen LogP contribution in [0, 0.1) is 41.4 Å². The lowest BCUT2D eigenvalue weighted by molar-refractivity contribution is 0.142. The molecule has 0 aliphatic heterocycles. The molecule has 0 radical (unpaired) electrons. The molecule has 0 nitrogen and oxygen atoms in total. The van der Waals surface area contributed by atoms with Crippen molar-refractivity contribution in [1.82, 2.24) is 0 Å². The Morgan fingerprint density at radius 1 is 0.800 bits per heavy atom. The summed E-state index contributed by atoms with van der Waals surface area (Å²) in [6.07, 6.45) is 20.3. The first-order chi connectivity index (χ1) is 9.88. The number of rotatable bonds is 7. The minimum absolute atomic E-state index is 1.01. The van der Waals surface area contributed by atoms with Crippen LogP contribution in [0.15, 0.2) is 12.2 Å². The van der Waals surface area contributed by atoms with E-state index in [0.717, 1.165) is 41.4 Å². The van der Waals surface area contributed by atoms with Crippen molar-refractivity contribution in [3.63, 3.8) is 0 Å². The van der Waals surface area contributed by atoms with Gasteiger partial charge in [0.15, 0.2) is 0 Å². The van der Waals surface area contributed by atoms with Crippen molar-refractivity contribution >= 4 is 0 Å². The van der Waals surface area contributed by atoms with Crippen molar-refractivity contribution in [3.05, 3.63) is 12.2 Å². The lowest BCUT2D eigenvalue weighted by atomic mass is 9.68. The molecule has 0 amide bonds.